The molecule has 0 aliphatic rings. The molecule has 0 amide bonds. The van der Waals surface area contributed by atoms with Crippen molar-refractivity contribution in [3.63, 3.8) is 0 Å². The van der Waals surface area contributed by atoms with Gasteiger partial charge in [-0.25, -0.2) is 4.79 Å². The fourth-order valence-corrected chi connectivity index (χ4v) is 2.26. The highest BCUT2D eigenvalue weighted by Gasteiger charge is 2.19. The van der Waals surface area contributed by atoms with Gasteiger partial charge in [-0.1, -0.05) is 12.1 Å². The maximum atomic E-state index is 12.2. The van der Waals surface area contributed by atoms with E-state index in [4.69, 9.17) is 8.92 Å². The van der Waals surface area contributed by atoms with Crippen LogP contribution in [0.15, 0.2) is 30.5 Å². The van der Waals surface area contributed by atoms with Crippen LogP contribution in [-0.4, -0.2) is 30.9 Å². The zero-order valence-corrected chi connectivity index (χ0v) is 13.8. The molecule has 0 radical (unpaired) electrons. The molecule has 1 heterocycles. The second-order valence-corrected chi connectivity index (χ2v) is 7.67. The predicted molar refractivity (Wildman–Crippen MR) is 83.2 cm³/mol. The third kappa shape index (κ3) is 4.32. The van der Waals surface area contributed by atoms with Gasteiger partial charge in [0.15, 0.2) is 0 Å². The number of hydrogen-bond donors (Lipinski definition) is 0. The van der Waals surface area contributed by atoms with Crippen LogP contribution in [0.5, 0.6) is 0 Å². The summed E-state index contributed by atoms with van der Waals surface area (Å²) in [4.78, 5) is 12.2. The van der Waals surface area contributed by atoms with Gasteiger partial charge >= 0.3 is 6.09 Å². The Labute approximate surface area is 129 Å². The zero-order valence-electron chi connectivity index (χ0n) is 13.0. The first-order valence-corrected chi connectivity index (χ1v) is 8.54. The molecule has 0 unspecified atom stereocenters. The van der Waals surface area contributed by atoms with Crippen LogP contribution in [0.1, 0.15) is 26.3 Å². The maximum absolute atomic E-state index is 12.2. The Morgan fingerprint density at radius 2 is 1.91 bits per heavy atom. The van der Waals surface area contributed by atoms with Gasteiger partial charge in [-0.05, 0) is 38.5 Å². The van der Waals surface area contributed by atoms with E-state index >= 15 is 0 Å². The molecular formula is C15H19NO5S. The van der Waals surface area contributed by atoms with E-state index in [1.54, 1.807) is 51.2 Å². The lowest BCUT2D eigenvalue weighted by Crippen LogP contribution is -2.26. The monoisotopic (exact) mass is 325 g/mol. The van der Waals surface area contributed by atoms with Crippen molar-refractivity contribution >= 4 is 27.1 Å². The number of fused-ring (bicyclic) bond motifs is 1. The normalized spacial score (nSPS) is 12.5. The van der Waals surface area contributed by atoms with Gasteiger partial charge < -0.3 is 4.74 Å². The SMILES string of the molecule is CC(C)(C)OC(=O)n1ccc2ccc(COS(C)(=O)=O)cc21. The average molecular weight is 325 g/mol. The molecule has 0 bridgehead atoms. The first-order valence-electron chi connectivity index (χ1n) is 6.73. The minimum Gasteiger partial charge on any atom is -0.443 e. The van der Waals surface area contributed by atoms with Gasteiger partial charge in [0.2, 0.25) is 0 Å². The summed E-state index contributed by atoms with van der Waals surface area (Å²) in [5, 5.41) is 0.856. The van der Waals surface area contributed by atoms with E-state index in [0.29, 0.717) is 11.1 Å². The second-order valence-electron chi connectivity index (χ2n) is 6.03. The smallest absolute Gasteiger partial charge is 0.418 e. The van der Waals surface area contributed by atoms with Crippen molar-refractivity contribution in [1.29, 1.82) is 0 Å². The predicted octanol–water partition coefficient (Wildman–Crippen LogP) is 2.90. The number of benzene rings is 1. The van der Waals surface area contributed by atoms with E-state index in [1.807, 2.05) is 0 Å². The van der Waals surface area contributed by atoms with Gasteiger partial charge in [-0.2, -0.15) is 8.42 Å². The van der Waals surface area contributed by atoms with Crippen LogP contribution in [0.3, 0.4) is 0 Å². The van der Waals surface area contributed by atoms with Gasteiger partial charge in [0, 0.05) is 11.6 Å². The van der Waals surface area contributed by atoms with Crippen LogP contribution in [0.4, 0.5) is 4.79 Å². The second kappa shape index (κ2) is 5.73. The topological polar surface area (TPSA) is 74.6 Å². The molecule has 1 aromatic heterocycles. The quantitative estimate of drug-likeness (QED) is 0.811. The Morgan fingerprint density at radius 3 is 2.50 bits per heavy atom. The number of carbonyl (C=O) groups is 1. The first kappa shape index (κ1) is 16.5. The molecule has 2 aromatic rings. The standard InChI is InChI=1S/C15H19NO5S/c1-15(2,3)21-14(17)16-8-7-12-6-5-11(9-13(12)16)10-20-22(4,18)19/h5-9H,10H2,1-4H3. The summed E-state index contributed by atoms with van der Waals surface area (Å²) in [7, 11) is -3.51. The Balaban J connectivity index is 2.31. The third-order valence-corrected chi connectivity index (χ3v) is 3.33. The number of carbonyl (C=O) groups excluding carboxylic acids is 1. The van der Waals surface area contributed by atoms with Crippen molar-refractivity contribution in [1.82, 2.24) is 4.57 Å². The summed E-state index contributed by atoms with van der Waals surface area (Å²) in [5.74, 6) is 0. The van der Waals surface area contributed by atoms with Crippen molar-refractivity contribution in [3.8, 4) is 0 Å². The molecule has 22 heavy (non-hydrogen) atoms. The van der Waals surface area contributed by atoms with E-state index in [2.05, 4.69) is 0 Å². The van der Waals surface area contributed by atoms with Crippen molar-refractivity contribution in [2.24, 2.45) is 0 Å². The van der Waals surface area contributed by atoms with Crippen LogP contribution in [-0.2, 0) is 25.6 Å². The molecular weight excluding hydrogens is 306 g/mol. The van der Waals surface area contributed by atoms with E-state index in [9.17, 15) is 13.2 Å². The maximum Gasteiger partial charge on any atom is 0.418 e. The van der Waals surface area contributed by atoms with E-state index in [1.165, 1.54) is 4.57 Å². The number of hydrogen-bond acceptors (Lipinski definition) is 5. The van der Waals surface area contributed by atoms with Crippen LogP contribution in [0.2, 0.25) is 0 Å². The van der Waals surface area contributed by atoms with Crippen LogP contribution < -0.4 is 0 Å². The molecule has 0 atom stereocenters. The number of rotatable bonds is 3. The third-order valence-electron chi connectivity index (χ3n) is 2.79. The highest BCUT2D eigenvalue weighted by Crippen LogP contribution is 2.20. The van der Waals surface area contributed by atoms with E-state index in [0.717, 1.165) is 11.6 Å². The van der Waals surface area contributed by atoms with Crippen LogP contribution >= 0.6 is 0 Å². The minimum atomic E-state index is -3.51. The highest BCUT2D eigenvalue weighted by molar-refractivity contribution is 7.85. The lowest BCUT2D eigenvalue weighted by molar-refractivity contribution is 0.0544. The van der Waals surface area contributed by atoms with Crippen molar-refractivity contribution < 1.29 is 22.1 Å². The van der Waals surface area contributed by atoms with Crippen molar-refractivity contribution in [2.45, 2.75) is 33.0 Å². The van der Waals surface area contributed by atoms with Crippen LogP contribution in [0, 0.1) is 0 Å². The number of ether oxygens (including phenoxy) is 1. The molecule has 2 rings (SSSR count). The molecule has 0 N–H and O–H groups in total. The summed E-state index contributed by atoms with van der Waals surface area (Å²) in [6.07, 6.45) is 2.14. The molecule has 0 spiro atoms. The fourth-order valence-electron chi connectivity index (χ4n) is 1.91. The first-order chi connectivity index (χ1) is 10.1. The van der Waals surface area contributed by atoms with E-state index in [-0.39, 0.29) is 6.61 Å². The Hall–Kier alpha value is -1.86. The van der Waals surface area contributed by atoms with Gasteiger partial charge in [0.1, 0.15) is 5.60 Å². The fraction of sp³-hybridized carbons (Fsp3) is 0.400. The minimum absolute atomic E-state index is 0.0751. The summed E-state index contributed by atoms with van der Waals surface area (Å²) in [6, 6.07) is 7.06. The Bertz CT molecular complexity index is 799. The number of nitrogens with zero attached hydrogens (tertiary/aromatic N) is 1. The number of aromatic nitrogens is 1. The Morgan fingerprint density at radius 1 is 1.23 bits per heavy atom. The molecule has 6 nitrogen and oxygen atoms in total. The molecule has 0 saturated heterocycles. The molecule has 1 aromatic carbocycles. The van der Waals surface area contributed by atoms with Crippen molar-refractivity contribution in [2.75, 3.05) is 6.26 Å². The molecule has 0 fully saturated rings. The van der Waals surface area contributed by atoms with E-state index < -0.39 is 21.8 Å². The van der Waals surface area contributed by atoms with Gasteiger partial charge in [-0.15, -0.1) is 0 Å². The highest BCUT2D eigenvalue weighted by atomic mass is 32.2. The lowest BCUT2D eigenvalue weighted by atomic mass is 10.2. The summed E-state index contributed by atoms with van der Waals surface area (Å²) in [5.41, 5.74) is 0.704. The largest absolute Gasteiger partial charge is 0.443 e. The molecule has 0 aliphatic carbocycles. The molecule has 120 valence electrons. The van der Waals surface area contributed by atoms with Gasteiger partial charge in [0.05, 0.1) is 18.4 Å². The lowest BCUT2D eigenvalue weighted by Gasteiger charge is -2.19. The summed E-state index contributed by atoms with van der Waals surface area (Å²) < 4.78 is 33.6. The zero-order chi connectivity index (χ0) is 16.5. The van der Waals surface area contributed by atoms with Gasteiger partial charge in [-0.3, -0.25) is 8.75 Å². The summed E-state index contributed by atoms with van der Waals surface area (Å²) >= 11 is 0. The summed E-state index contributed by atoms with van der Waals surface area (Å²) in [6.45, 7) is 5.31. The van der Waals surface area contributed by atoms with Crippen LogP contribution in [0.25, 0.3) is 10.9 Å². The molecule has 7 heteroatoms. The molecule has 0 aliphatic heterocycles. The average Bonchev–Trinajstić information content (AvgIpc) is 2.76. The molecule has 0 saturated carbocycles. The Kier molecular flexibility index (Phi) is 4.30. The van der Waals surface area contributed by atoms with Crippen molar-refractivity contribution in [3.05, 3.63) is 36.0 Å². The van der Waals surface area contributed by atoms with Gasteiger partial charge in [0.25, 0.3) is 10.1 Å².